The van der Waals surface area contributed by atoms with Crippen LogP contribution in [-0.2, 0) is 11.2 Å². The summed E-state index contributed by atoms with van der Waals surface area (Å²) in [5.74, 6) is -0.286. The molecule has 3 N–H and O–H groups in total. The van der Waals surface area contributed by atoms with Gasteiger partial charge in [0, 0.05) is 12.1 Å². The molecule has 0 aliphatic carbocycles. The van der Waals surface area contributed by atoms with Crippen LogP contribution in [0.5, 0.6) is 0 Å². The van der Waals surface area contributed by atoms with Gasteiger partial charge in [0.2, 0.25) is 5.91 Å². The molecule has 1 heterocycles. The summed E-state index contributed by atoms with van der Waals surface area (Å²) in [6, 6.07) is 7.64. The Balaban J connectivity index is 2.27. The van der Waals surface area contributed by atoms with Crippen molar-refractivity contribution in [2.24, 2.45) is 5.73 Å². The summed E-state index contributed by atoms with van der Waals surface area (Å²) < 4.78 is 0. The summed E-state index contributed by atoms with van der Waals surface area (Å²) in [5.41, 5.74) is 7.37. The maximum atomic E-state index is 10.8. The highest BCUT2D eigenvalue weighted by atomic mass is 16.1. The number of hydrogen-bond acceptors (Lipinski definition) is 2. The van der Waals surface area contributed by atoms with Crippen LogP contribution < -0.4 is 11.1 Å². The fraction of sp³-hybridized carbons (Fsp3) is 0.222. The number of fused-ring (bicyclic) bond motifs is 1. The fourth-order valence-corrected chi connectivity index (χ4v) is 1.47. The zero-order valence-electron chi connectivity index (χ0n) is 6.58. The number of hydrogen-bond donors (Lipinski definition) is 2. The number of benzene rings is 1. The molecule has 0 fully saturated rings. The van der Waals surface area contributed by atoms with E-state index < -0.39 is 0 Å². The van der Waals surface area contributed by atoms with Crippen LogP contribution in [0.3, 0.4) is 0 Å². The lowest BCUT2D eigenvalue weighted by Gasteiger charge is -2.04. The molecule has 1 atom stereocenters. The zero-order chi connectivity index (χ0) is 8.55. The maximum absolute atomic E-state index is 10.8. The molecule has 0 saturated carbocycles. The predicted octanol–water partition coefficient (Wildman–Crippen LogP) is 0.508. The molecule has 12 heavy (non-hydrogen) atoms. The molecular weight excluding hydrogens is 152 g/mol. The van der Waals surface area contributed by atoms with Gasteiger partial charge in [-0.05, 0) is 11.6 Å². The van der Waals surface area contributed by atoms with E-state index in [4.69, 9.17) is 5.73 Å². The number of amides is 1. The highest BCUT2D eigenvalue weighted by Crippen LogP contribution is 2.24. The van der Waals surface area contributed by atoms with Gasteiger partial charge in [0.25, 0.3) is 0 Å². The van der Waals surface area contributed by atoms with Crippen molar-refractivity contribution in [2.75, 3.05) is 5.32 Å². The number of carbonyl (C=O) groups excluding carboxylic acids is 1. The quantitative estimate of drug-likeness (QED) is 0.632. The average Bonchev–Trinajstić information content (AvgIpc) is 2.46. The highest BCUT2D eigenvalue weighted by molar-refractivity contribution is 5.85. The Hall–Kier alpha value is -1.51. The summed E-state index contributed by atoms with van der Waals surface area (Å²) >= 11 is 0. The topological polar surface area (TPSA) is 55.1 Å². The first-order valence-corrected chi connectivity index (χ1v) is 3.91. The van der Waals surface area contributed by atoms with Crippen molar-refractivity contribution >= 4 is 11.6 Å². The third-order valence-electron chi connectivity index (χ3n) is 2.11. The number of anilines is 1. The zero-order valence-corrected chi connectivity index (χ0v) is 6.58. The third-order valence-corrected chi connectivity index (χ3v) is 2.11. The molecule has 3 heteroatoms. The van der Waals surface area contributed by atoms with Crippen LogP contribution in [0.4, 0.5) is 5.69 Å². The first-order valence-electron chi connectivity index (χ1n) is 3.91. The Bertz CT molecular complexity index is 297. The van der Waals surface area contributed by atoms with Crippen molar-refractivity contribution < 1.29 is 4.79 Å². The van der Waals surface area contributed by atoms with Crippen LogP contribution >= 0.6 is 0 Å². The van der Waals surface area contributed by atoms with Crippen molar-refractivity contribution in [2.45, 2.75) is 12.5 Å². The molecular formula is C9H10N2O. The standard InChI is InChI=1S/C9H10N2O/c10-9(12)8-5-6-3-1-2-4-7(6)11-8/h1-4,8,11H,5H2,(H2,10,12)/t8-/m0/s1. The van der Waals surface area contributed by atoms with E-state index in [9.17, 15) is 4.79 Å². The van der Waals surface area contributed by atoms with Crippen LogP contribution in [-0.4, -0.2) is 11.9 Å². The van der Waals surface area contributed by atoms with Gasteiger partial charge in [-0.3, -0.25) is 4.79 Å². The molecule has 0 aromatic heterocycles. The van der Waals surface area contributed by atoms with Gasteiger partial charge in [-0.2, -0.15) is 0 Å². The van der Waals surface area contributed by atoms with Gasteiger partial charge in [0.15, 0.2) is 0 Å². The molecule has 0 saturated heterocycles. The van der Waals surface area contributed by atoms with E-state index in [-0.39, 0.29) is 11.9 Å². The summed E-state index contributed by atoms with van der Waals surface area (Å²) in [6.45, 7) is 0. The van der Waals surface area contributed by atoms with Crippen LogP contribution in [0.15, 0.2) is 24.3 Å². The van der Waals surface area contributed by atoms with Crippen molar-refractivity contribution in [1.29, 1.82) is 0 Å². The first kappa shape index (κ1) is 7.16. The summed E-state index contributed by atoms with van der Waals surface area (Å²) in [7, 11) is 0. The normalized spacial score (nSPS) is 19.8. The second-order valence-corrected chi connectivity index (χ2v) is 2.96. The monoisotopic (exact) mass is 162 g/mol. The van der Waals surface area contributed by atoms with Crippen molar-refractivity contribution in [3.63, 3.8) is 0 Å². The Morgan fingerprint density at radius 1 is 1.50 bits per heavy atom. The molecule has 1 amide bonds. The number of primary amides is 1. The Morgan fingerprint density at radius 3 is 2.92 bits per heavy atom. The number of carbonyl (C=O) groups is 1. The SMILES string of the molecule is NC(=O)[C@@H]1Cc2ccccc2N1. The smallest absolute Gasteiger partial charge is 0.240 e. The Kier molecular flexibility index (Phi) is 1.50. The van der Waals surface area contributed by atoms with Crippen LogP contribution in [0.25, 0.3) is 0 Å². The van der Waals surface area contributed by atoms with Gasteiger partial charge in [0.1, 0.15) is 6.04 Å². The molecule has 2 rings (SSSR count). The Labute approximate surface area is 70.6 Å². The lowest BCUT2D eigenvalue weighted by atomic mass is 10.1. The van der Waals surface area contributed by atoms with Crippen molar-refractivity contribution in [3.8, 4) is 0 Å². The molecule has 62 valence electrons. The number of rotatable bonds is 1. The average molecular weight is 162 g/mol. The van der Waals surface area contributed by atoms with Gasteiger partial charge in [-0.15, -0.1) is 0 Å². The van der Waals surface area contributed by atoms with E-state index in [0.29, 0.717) is 6.42 Å². The second kappa shape index (κ2) is 2.52. The van der Waals surface area contributed by atoms with Crippen LogP contribution in [0.2, 0.25) is 0 Å². The van der Waals surface area contributed by atoms with Crippen molar-refractivity contribution in [3.05, 3.63) is 29.8 Å². The molecule has 0 unspecified atom stereocenters. The van der Waals surface area contributed by atoms with E-state index in [2.05, 4.69) is 5.32 Å². The number of nitrogens with two attached hydrogens (primary N) is 1. The number of para-hydroxylation sites is 1. The van der Waals surface area contributed by atoms with E-state index in [1.165, 1.54) is 5.56 Å². The van der Waals surface area contributed by atoms with Gasteiger partial charge in [-0.25, -0.2) is 0 Å². The number of nitrogens with one attached hydrogen (secondary N) is 1. The van der Waals surface area contributed by atoms with Crippen LogP contribution in [0.1, 0.15) is 5.56 Å². The highest BCUT2D eigenvalue weighted by Gasteiger charge is 2.23. The molecule has 1 aliphatic rings. The van der Waals surface area contributed by atoms with E-state index in [1.54, 1.807) is 0 Å². The summed E-state index contributed by atoms with van der Waals surface area (Å²) in [6.07, 6.45) is 0.714. The predicted molar refractivity (Wildman–Crippen MR) is 46.8 cm³/mol. The molecule has 0 bridgehead atoms. The first-order chi connectivity index (χ1) is 5.77. The van der Waals surface area contributed by atoms with Gasteiger partial charge >= 0.3 is 0 Å². The minimum atomic E-state index is -0.286. The minimum Gasteiger partial charge on any atom is -0.373 e. The minimum absolute atomic E-state index is 0.220. The molecule has 1 aromatic carbocycles. The Morgan fingerprint density at radius 2 is 2.25 bits per heavy atom. The van der Waals surface area contributed by atoms with E-state index >= 15 is 0 Å². The van der Waals surface area contributed by atoms with Gasteiger partial charge in [-0.1, -0.05) is 18.2 Å². The molecule has 0 radical (unpaired) electrons. The van der Waals surface area contributed by atoms with Gasteiger partial charge < -0.3 is 11.1 Å². The van der Waals surface area contributed by atoms with E-state index in [1.807, 2.05) is 24.3 Å². The molecule has 3 nitrogen and oxygen atoms in total. The lowest BCUT2D eigenvalue weighted by Crippen LogP contribution is -2.33. The van der Waals surface area contributed by atoms with Crippen molar-refractivity contribution in [1.82, 2.24) is 0 Å². The summed E-state index contributed by atoms with van der Waals surface area (Å²) in [5, 5.41) is 3.06. The molecule has 1 aliphatic heterocycles. The largest absolute Gasteiger partial charge is 0.373 e. The molecule has 0 spiro atoms. The van der Waals surface area contributed by atoms with E-state index in [0.717, 1.165) is 5.69 Å². The third kappa shape index (κ3) is 1.03. The van der Waals surface area contributed by atoms with Gasteiger partial charge in [0.05, 0.1) is 0 Å². The van der Waals surface area contributed by atoms with Crippen LogP contribution in [0, 0.1) is 0 Å². The summed E-state index contributed by atoms with van der Waals surface area (Å²) in [4.78, 5) is 10.8. The lowest BCUT2D eigenvalue weighted by molar-refractivity contribution is -0.118. The second-order valence-electron chi connectivity index (χ2n) is 2.96. The maximum Gasteiger partial charge on any atom is 0.240 e. The molecule has 1 aromatic rings. The fourth-order valence-electron chi connectivity index (χ4n) is 1.47.